The normalized spacial score (nSPS) is 21.1. The van der Waals surface area contributed by atoms with Gasteiger partial charge in [-0.2, -0.15) is 4.98 Å². The summed E-state index contributed by atoms with van der Waals surface area (Å²) in [5, 5.41) is 32.2. The van der Waals surface area contributed by atoms with E-state index < -0.39 is 6.10 Å². The number of aromatic amines is 1. The third-order valence-electron chi connectivity index (χ3n) is 8.45. The van der Waals surface area contributed by atoms with Gasteiger partial charge in [0.25, 0.3) is 6.01 Å². The maximum atomic E-state index is 12.0. The molecule has 45 heavy (non-hydrogen) atoms. The number of Topliss-reactive ketones (excluding diaryl/α,β-unsaturated/α-hetero) is 1. The van der Waals surface area contributed by atoms with Crippen LogP contribution in [0.4, 0.5) is 0 Å². The van der Waals surface area contributed by atoms with Crippen LogP contribution in [0.2, 0.25) is 5.02 Å². The second-order valence-electron chi connectivity index (χ2n) is 11.7. The number of nitrogens with zero attached hydrogens (tertiary/aromatic N) is 1. The first-order valence-corrected chi connectivity index (χ1v) is 15.7. The summed E-state index contributed by atoms with van der Waals surface area (Å²) in [4.78, 5) is 19.8. The molecular weight excluding hydrogens is 598 g/mol. The first kappa shape index (κ1) is 31.6. The van der Waals surface area contributed by atoms with Gasteiger partial charge in [0, 0.05) is 44.1 Å². The van der Waals surface area contributed by atoms with Gasteiger partial charge in [0.05, 0.1) is 29.3 Å². The lowest BCUT2D eigenvalue weighted by atomic mass is 9.99. The molecule has 3 heterocycles. The number of aromatic nitrogens is 2. The molecule has 2 fully saturated rings. The van der Waals surface area contributed by atoms with Crippen LogP contribution in [0, 0.1) is 5.92 Å². The third kappa shape index (κ3) is 7.39. The number of benzene rings is 3. The van der Waals surface area contributed by atoms with Crippen molar-refractivity contribution < 1.29 is 34.3 Å². The Labute approximate surface area is 266 Å². The standard InChI is InChI=1S/C34H38ClN3O7/c35-27-14-29-28(37-34(38-29)45-31-19-44-32-30(42)18-43-33(31)32)13-26(27)24-9-7-23(8-10-24)22-5-3-20(4-6-22)15-36-11-1-2-25(41)12-21(16-39)17-40/h3-10,13-14,21,30-33,36,39-40,42H,1-2,11-12,15-19H2,(H,37,38)/t30-,31-,32-,33-/m1/s1. The maximum Gasteiger partial charge on any atom is 0.295 e. The molecule has 0 unspecified atom stereocenters. The highest BCUT2D eigenvalue weighted by molar-refractivity contribution is 6.34. The van der Waals surface area contributed by atoms with Gasteiger partial charge in [0.2, 0.25) is 0 Å². The van der Waals surface area contributed by atoms with Gasteiger partial charge in [0.1, 0.15) is 24.1 Å². The van der Waals surface area contributed by atoms with Gasteiger partial charge >= 0.3 is 0 Å². The van der Waals surface area contributed by atoms with E-state index in [1.54, 1.807) is 0 Å². The van der Waals surface area contributed by atoms with Gasteiger partial charge in [0.15, 0.2) is 6.10 Å². The van der Waals surface area contributed by atoms with Crippen LogP contribution in [0.15, 0.2) is 60.7 Å². The molecule has 2 saturated heterocycles. The summed E-state index contributed by atoms with van der Waals surface area (Å²) in [7, 11) is 0. The van der Waals surface area contributed by atoms with Crippen LogP contribution in [0.5, 0.6) is 6.01 Å². The highest BCUT2D eigenvalue weighted by atomic mass is 35.5. The first-order chi connectivity index (χ1) is 21.9. The number of hydrogen-bond donors (Lipinski definition) is 5. The van der Waals surface area contributed by atoms with Crippen molar-refractivity contribution in [2.45, 2.75) is 50.2 Å². The number of carbonyl (C=O) groups is 1. The van der Waals surface area contributed by atoms with Gasteiger partial charge in [-0.05, 0) is 47.4 Å². The number of rotatable bonds is 14. The second kappa shape index (κ2) is 14.4. The lowest BCUT2D eigenvalue weighted by Gasteiger charge is -2.15. The molecule has 2 aliphatic rings. The zero-order valence-electron chi connectivity index (χ0n) is 24.8. The summed E-state index contributed by atoms with van der Waals surface area (Å²) in [6.45, 7) is 1.65. The van der Waals surface area contributed by atoms with Crippen molar-refractivity contribution >= 4 is 28.4 Å². The van der Waals surface area contributed by atoms with E-state index in [1.807, 2.05) is 24.3 Å². The van der Waals surface area contributed by atoms with Crippen LogP contribution in [0.25, 0.3) is 33.3 Å². The van der Waals surface area contributed by atoms with Gasteiger partial charge < -0.3 is 39.8 Å². The minimum Gasteiger partial charge on any atom is -0.456 e. The number of fused-ring (bicyclic) bond motifs is 2. The topological polar surface area (TPSA) is 146 Å². The Balaban J connectivity index is 1.03. The molecule has 238 valence electrons. The molecule has 4 aromatic rings. The minimum absolute atomic E-state index is 0.0684. The Bertz CT molecular complexity index is 1590. The smallest absolute Gasteiger partial charge is 0.295 e. The van der Waals surface area contributed by atoms with E-state index in [0.717, 1.165) is 51.8 Å². The molecule has 3 aromatic carbocycles. The van der Waals surface area contributed by atoms with E-state index in [1.165, 1.54) is 0 Å². The zero-order chi connectivity index (χ0) is 31.3. The summed E-state index contributed by atoms with van der Waals surface area (Å²) < 4.78 is 17.3. The number of H-pyrrole nitrogens is 1. The molecule has 11 heteroatoms. The number of nitrogens with one attached hydrogen (secondary N) is 2. The number of carbonyl (C=O) groups excluding carboxylic acids is 1. The van der Waals surface area contributed by atoms with Crippen LogP contribution in [0.1, 0.15) is 24.8 Å². The molecule has 0 radical (unpaired) electrons. The average Bonchev–Trinajstić information content (AvgIpc) is 3.75. The molecule has 1 aromatic heterocycles. The van der Waals surface area contributed by atoms with Crippen LogP contribution in [0.3, 0.4) is 0 Å². The number of halogens is 1. The number of aliphatic hydroxyl groups is 3. The molecule has 0 bridgehead atoms. The van der Waals surface area contributed by atoms with E-state index in [0.29, 0.717) is 30.6 Å². The summed E-state index contributed by atoms with van der Waals surface area (Å²) in [5.74, 6) is -0.288. The highest BCUT2D eigenvalue weighted by Gasteiger charge is 2.48. The van der Waals surface area contributed by atoms with Crippen molar-refractivity contribution in [3.05, 3.63) is 71.2 Å². The highest BCUT2D eigenvalue weighted by Crippen LogP contribution is 2.35. The Morgan fingerprint density at radius 3 is 2.42 bits per heavy atom. The molecule has 0 saturated carbocycles. The molecule has 0 aliphatic carbocycles. The van der Waals surface area contributed by atoms with Crippen LogP contribution < -0.4 is 10.1 Å². The zero-order valence-corrected chi connectivity index (χ0v) is 25.6. The number of aliphatic hydroxyl groups excluding tert-OH is 3. The fraction of sp³-hybridized carbons (Fsp3) is 0.412. The fourth-order valence-corrected chi connectivity index (χ4v) is 6.16. The average molecular weight is 636 g/mol. The Hall–Kier alpha value is -3.35. The van der Waals surface area contributed by atoms with Crippen LogP contribution >= 0.6 is 11.6 Å². The summed E-state index contributed by atoms with van der Waals surface area (Å²) in [6.07, 6.45) is -0.305. The van der Waals surface area contributed by atoms with Gasteiger partial charge in [-0.1, -0.05) is 60.1 Å². The summed E-state index contributed by atoms with van der Waals surface area (Å²) in [6, 6.07) is 20.8. The minimum atomic E-state index is -0.638. The largest absolute Gasteiger partial charge is 0.456 e. The van der Waals surface area contributed by atoms with Crippen molar-refractivity contribution in [1.29, 1.82) is 0 Å². The van der Waals surface area contributed by atoms with Crippen LogP contribution in [-0.4, -0.2) is 88.5 Å². The van der Waals surface area contributed by atoms with Gasteiger partial charge in [-0.15, -0.1) is 0 Å². The van der Waals surface area contributed by atoms with E-state index >= 15 is 0 Å². The number of ether oxygens (including phenoxy) is 3. The monoisotopic (exact) mass is 635 g/mol. The maximum absolute atomic E-state index is 12.0. The van der Waals surface area contributed by atoms with Crippen molar-refractivity contribution in [2.75, 3.05) is 33.0 Å². The van der Waals surface area contributed by atoms with E-state index in [-0.39, 0.29) is 56.3 Å². The molecule has 4 atom stereocenters. The lowest BCUT2D eigenvalue weighted by molar-refractivity contribution is -0.120. The van der Waals surface area contributed by atoms with Crippen molar-refractivity contribution in [1.82, 2.24) is 15.3 Å². The molecule has 0 amide bonds. The van der Waals surface area contributed by atoms with Crippen LogP contribution in [-0.2, 0) is 20.8 Å². The molecule has 0 spiro atoms. The Morgan fingerprint density at radius 2 is 1.69 bits per heavy atom. The molecule has 2 aliphatic heterocycles. The second-order valence-corrected chi connectivity index (χ2v) is 12.1. The molecule has 6 rings (SSSR count). The number of hydrogen-bond acceptors (Lipinski definition) is 9. The van der Waals surface area contributed by atoms with E-state index in [4.69, 9.17) is 36.0 Å². The van der Waals surface area contributed by atoms with Gasteiger partial charge in [-0.3, -0.25) is 4.79 Å². The van der Waals surface area contributed by atoms with E-state index in [2.05, 4.69) is 51.7 Å². The molecule has 10 nitrogen and oxygen atoms in total. The van der Waals surface area contributed by atoms with Crippen molar-refractivity contribution in [3.63, 3.8) is 0 Å². The summed E-state index contributed by atoms with van der Waals surface area (Å²) >= 11 is 6.69. The first-order valence-electron chi connectivity index (χ1n) is 15.3. The Morgan fingerprint density at radius 1 is 1.00 bits per heavy atom. The SMILES string of the molecule is O=C(CCCNCc1ccc(-c2ccc(-c3cc4nc(O[C@@H]5CO[C@H]6[C@@H]5OC[C@H]6O)[nH]c4cc3Cl)cc2)cc1)CC(CO)CO. The molecule has 5 N–H and O–H groups in total. The Kier molecular flexibility index (Phi) is 10.1. The predicted octanol–water partition coefficient (Wildman–Crippen LogP) is 3.89. The summed E-state index contributed by atoms with van der Waals surface area (Å²) in [5.41, 5.74) is 6.66. The number of ketones is 1. The van der Waals surface area contributed by atoms with Crippen molar-refractivity contribution in [3.8, 4) is 28.3 Å². The van der Waals surface area contributed by atoms with Gasteiger partial charge in [-0.25, -0.2) is 0 Å². The fourth-order valence-electron chi connectivity index (χ4n) is 5.88. The molecular formula is C34H38ClN3O7. The predicted molar refractivity (Wildman–Crippen MR) is 170 cm³/mol. The van der Waals surface area contributed by atoms with E-state index in [9.17, 15) is 9.90 Å². The number of imidazole rings is 1. The quantitative estimate of drug-likeness (QED) is 0.130. The lowest BCUT2D eigenvalue weighted by Crippen LogP contribution is -2.34. The van der Waals surface area contributed by atoms with Crippen molar-refractivity contribution in [2.24, 2.45) is 5.92 Å². The third-order valence-corrected chi connectivity index (χ3v) is 8.76.